The number of rotatable bonds is 1. The molecule has 0 fully saturated rings. The van der Waals surface area contributed by atoms with Crippen molar-refractivity contribution in [3.8, 4) is 0 Å². The first-order valence-corrected chi connectivity index (χ1v) is 5.67. The van der Waals surface area contributed by atoms with Crippen LogP contribution in [-0.2, 0) is 14.3 Å². The number of nitrogens with zero attached hydrogens (tertiary/aromatic N) is 1. The quantitative estimate of drug-likeness (QED) is 0.587. The maximum atomic E-state index is 11.2. The highest BCUT2D eigenvalue weighted by Gasteiger charge is 2.30. The van der Waals surface area contributed by atoms with Gasteiger partial charge in [0.05, 0.1) is 6.04 Å². The molecule has 1 heterocycles. The van der Waals surface area contributed by atoms with Crippen molar-refractivity contribution in [1.82, 2.24) is 4.90 Å². The molecule has 0 spiro atoms. The molecule has 0 saturated heterocycles. The number of allylic oxidation sites excluding steroid dienone is 1. The van der Waals surface area contributed by atoms with Gasteiger partial charge in [0, 0.05) is 0 Å². The van der Waals surface area contributed by atoms with Crippen LogP contribution in [0, 0.1) is 0 Å². The zero-order chi connectivity index (χ0) is 10.2. The van der Waals surface area contributed by atoms with Gasteiger partial charge in [-0.25, -0.2) is 0 Å². The Bertz CT molecular complexity index is 329. The van der Waals surface area contributed by atoms with Crippen LogP contribution in [0.25, 0.3) is 0 Å². The van der Waals surface area contributed by atoms with Crippen molar-refractivity contribution in [3.63, 3.8) is 0 Å². The van der Waals surface area contributed by atoms with Crippen LogP contribution >= 0.6 is 0 Å². The molecule has 0 radical (unpaired) electrons. The van der Waals surface area contributed by atoms with E-state index in [-0.39, 0.29) is 11.8 Å². The van der Waals surface area contributed by atoms with E-state index in [1.807, 2.05) is 25.9 Å². The molecule has 1 rings (SSSR count). The average molecular weight is 205 g/mol. The first-order chi connectivity index (χ1) is 5.83. The monoisotopic (exact) mass is 205 g/mol. The highest BCUT2D eigenvalue weighted by molar-refractivity contribution is 7.86. The second kappa shape index (κ2) is 3.31. The fraction of sp³-hybridized carbons (Fsp3) is 0.750. The summed E-state index contributed by atoms with van der Waals surface area (Å²) < 4.78 is 27.3. The van der Waals surface area contributed by atoms with Gasteiger partial charge in [-0.05, 0) is 33.5 Å². The molecule has 1 atom stereocenters. The summed E-state index contributed by atoms with van der Waals surface area (Å²) in [5, 5.41) is 0. The lowest BCUT2D eigenvalue weighted by Gasteiger charge is -2.29. The van der Waals surface area contributed by atoms with Crippen LogP contribution in [0.2, 0.25) is 0 Å². The lowest BCUT2D eigenvalue weighted by Crippen LogP contribution is -2.39. The fourth-order valence-electron chi connectivity index (χ4n) is 1.38. The molecule has 1 aliphatic heterocycles. The predicted octanol–water partition coefficient (Wildman–Crippen LogP) is 0.571. The average Bonchev–Trinajstić information content (AvgIpc) is 1.95. The Labute approximate surface area is 79.3 Å². The molecule has 0 N–H and O–H groups in total. The summed E-state index contributed by atoms with van der Waals surface area (Å²) in [6, 6.07) is -0.0567. The molecule has 1 unspecified atom stereocenters. The zero-order valence-corrected chi connectivity index (χ0v) is 9.18. The smallest absolute Gasteiger partial charge is 0.310 e. The van der Waals surface area contributed by atoms with Crippen LogP contribution in [0.4, 0.5) is 0 Å². The van der Waals surface area contributed by atoms with Gasteiger partial charge in [-0.15, -0.1) is 0 Å². The molecule has 0 aromatic rings. The minimum Gasteiger partial charge on any atom is -0.387 e. The van der Waals surface area contributed by atoms with Crippen molar-refractivity contribution in [2.24, 2.45) is 0 Å². The molecule has 0 amide bonds. The first kappa shape index (κ1) is 10.5. The Kier molecular flexibility index (Phi) is 2.68. The molecule has 5 heteroatoms. The second-order valence-corrected chi connectivity index (χ2v) is 5.14. The Morgan fingerprint density at radius 2 is 1.92 bits per heavy atom. The molecule has 13 heavy (non-hydrogen) atoms. The van der Waals surface area contributed by atoms with Gasteiger partial charge in [-0.2, -0.15) is 8.42 Å². The SMILES string of the molecule is CC1=C(C)C(N(C)C)CS(=O)(=O)O1. The zero-order valence-electron chi connectivity index (χ0n) is 8.36. The number of likely N-dealkylation sites (N-methyl/N-ethyl adjacent to an activating group) is 1. The minimum atomic E-state index is -3.36. The number of hydrogen-bond donors (Lipinski definition) is 0. The van der Waals surface area contributed by atoms with E-state index in [1.165, 1.54) is 0 Å². The lowest BCUT2D eigenvalue weighted by atomic mass is 10.1. The van der Waals surface area contributed by atoms with Gasteiger partial charge in [0.1, 0.15) is 11.5 Å². The molecule has 0 aliphatic carbocycles. The summed E-state index contributed by atoms with van der Waals surface area (Å²) in [7, 11) is 0.368. The molecule has 0 saturated carbocycles. The second-order valence-electron chi connectivity index (χ2n) is 3.53. The van der Waals surface area contributed by atoms with Crippen LogP contribution in [0.3, 0.4) is 0 Å². The van der Waals surface area contributed by atoms with Crippen molar-refractivity contribution >= 4 is 10.1 Å². The molecule has 76 valence electrons. The standard InChI is InChI=1S/C8H15NO3S/c1-6-7(2)12-13(10,11)5-8(6)9(3)4/h8H,5H2,1-4H3. The van der Waals surface area contributed by atoms with Crippen molar-refractivity contribution < 1.29 is 12.6 Å². The summed E-state index contributed by atoms with van der Waals surface area (Å²) in [5.74, 6) is 0.549. The summed E-state index contributed by atoms with van der Waals surface area (Å²) in [6.45, 7) is 3.58. The van der Waals surface area contributed by atoms with E-state index in [0.717, 1.165) is 5.57 Å². The number of hydrogen-bond acceptors (Lipinski definition) is 4. The Balaban J connectivity index is 3.06. The summed E-state index contributed by atoms with van der Waals surface area (Å²) in [6.07, 6.45) is 0. The molecule has 0 aromatic heterocycles. The normalized spacial score (nSPS) is 27.6. The van der Waals surface area contributed by atoms with E-state index in [2.05, 4.69) is 0 Å². The largest absolute Gasteiger partial charge is 0.387 e. The Hall–Kier alpha value is -0.550. The van der Waals surface area contributed by atoms with Crippen LogP contribution in [0.1, 0.15) is 13.8 Å². The van der Waals surface area contributed by atoms with Crippen molar-refractivity contribution in [2.45, 2.75) is 19.9 Å². The van der Waals surface area contributed by atoms with Crippen molar-refractivity contribution in [1.29, 1.82) is 0 Å². The van der Waals surface area contributed by atoms with Crippen molar-refractivity contribution in [3.05, 3.63) is 11.3 Å². The van der Waals surface area contributed by atoms with Gasteiger partial charge >= 0.3 is 10.1 Å². The Morgan fingerprint density at radius 3 is 2.38 bits per heavy atom. The molecule has 1 aliphatic rings. The predicted molar refractivity (Wildman–Crippen MR) is 50.7 cm³/mol. The highest BCUT2D eigenvalue weighted by Crippen LogP contribution is 2.23. The molecular formula is C8H15NO3S. The summed E-state index contributed by atoms with van der Waals surface area (Å²) in [4.78, 5) is 1.89. The topological polar surface area (TPSA) is 46.6 Å². The van der Waals surface area contributed by atoms with Crippen LogP contribution in [0.5, 0.6) is 0 Å². The van der Waals surface area contributed by atoms with Crippen LogP contribution in [0.15, 0.2) is 11.3 Å². The molecular weight excluding hydrogens is 190 g/mol. The third-order valence-corrected chi connectivity index (χ3v) is 3.52. The third-order valence-electron chi connectivity index (χ3n) is 2.29. The molecule has 0 bridgehead atoms. The first-order valence-electron chi connectivity index (χ1n) is 4.09. The van der Waals surface area contributed by atoms with Gasteiger partial charge in [-0.1, -0.05) is 0 Å². The van der Waals surface area contributed by atoms with E-state index < -0.39 is 10.1 Å². The highest BCUT2D eigenvalue weighted by atomic mass is 32.2. The van der Waals surface area contributed by atoms with Crippen molar-refractivity contribution in [2.75, 3.05) is 19.8 Å². The van der Waals surface area contributed by atoms with E-state index in [9.17, 15) is 8.42 Å². The molecule has 0 aromatic carbocycles. The molecule has 4 nitrogen and oxygen atoms in total. The van der Waals surface area contributed by atoms with Crippen LogP contribution < -0.4 is 0 Å². The Morgan fingerprint density at radius 1 is 1.38 bits per heavy atom. The fourth-order valence-corrected chi connectivity index (χ4v) is 2.89. The minimum absolute atomic E-state index is 0.0448. The van der Waals surface area contributed by atoms with E-state index in [0.29, 0.717) is 5.76 Å². The van der Waals surface area contributed by atoms with Gasteiger partial charge in [0.25, 0.3) is 0 Å². The third kappa shape index (κ3) is 2.22. The van der Waals surface area contributed by atoms with Gasteiger partial charge in [-0.3, -0.25) is 0 Å². The van der Waals surface area contributed by atoms with Gasteiger partial charge in [0.15, 0.2) is 0 Å². The van der Waals surface area contributed by atoms with E-state index in [1.54, 1.807) is 6.92 Å². The maximum Gasteiger partial charge on any atom is 0.310 e. The lowest BCUT2D eigenvalue weighted by molar-refractivity contribution is 0.304. The maximum absolute atomic E-state index is 11.2. The summed E-state index contributed by atoms with van der Waals surface area (Å²) >= 11 is 0. The van der Waals surface area contributed by atoms with E-state index in [4.69, 9.17) is 4.18 Å². The van der Waals surface area contributed by atoms with Crippen LogP contribution in [-0.4, -0.2) is 39.2 Å². The summed E-state index contributed by atoms with van der Waals surface area (Å²) in [5.41, 5.74) is 0.986. The van der Waals surface area contributed by atoms with E-state index >= 15 is 0 Å². The van der Waals surface area contributed by atoms with Gasteiger partial charge < -0.3 is 9.08 Å². The van der Waals surface area contributed by atoms with Gasteiger partial charge in [0.2, 0.25) is 0 Å².